The molecule has 1 aromatic heterocycles. The molecule has 0 fully saturated rings. The fourth-order valence-corrected chi connectivity index (χ4v) is 4.92. The summed E-state index contributed by atoms with van der Waals surface area (Å²) in [5, 5.41) is 1.07. The second-order valence-electron chi connectivity index (χ2n) is 7.51. The zero-order valence-electron chi connectivity index (χ0n) is 15.8. The van der Waals surface area contributed by atoms with E-state index in [1.807, 2.05) is 6.20 Å². The van der Waals surface area contributed by atoms with Crippen LogP contribution in [0.25, 0.3) is 22.0 Å². The maximum Gasteiger partial charge on any atom is 0.116 e. The SMILES string of the molecule is c1ccc(C2(c3ccccc3)c3ccccc3-c3cc4cncnc4cc32)cc1. The molecule has 1 aliphatic carbocycles. The molecule has 0 saturated heterocycles. The molecular weight excluding hydrogens is 352 g/mol. The summed E-state index contributed by atoms with van der Waals surface area (Å²) in [7, 11) is 0. The lowest BCUT2D eigenvalue weighted by Gasteiger charge is -2.33. The normalized spacial score (nSPS) is 13.8. The van der Waals surface area contributed by atoms with Crippen LogP contribution in [0.1, 0.15) is 22.3 Å². The predicted octanol–water partition coefficient (Wildman–Crippen LogP) is 5.99. The highest BCUT2D eigenvalue weighted by Gasteiger charge is 2.46. The van der Waals surface area contributed by atoms with E-state index in [-0.39, 0.29) is 5.41 Å². The molecule has 0 aliphatic heterocycles. The third-order valence-corrected chi connectivity index (χ3v) is 6.08. The van der Waals surface area contributed by atoms with Gasteiger partial charge < -0.3 is 0 Å². The first-order valence-electron chi connectivity index (χ1n) is 9.84. The number of nitrogens with zero attached hydrogens (tertiary/aromatic N) is 2. The maximum atomic E-state index is 4.56. The van der Waals surface area contributed by atoms with Crippen LogP contribution >= 0.6 is 0 Å². The van der Waals surface area contributed by atoms with Crippen LogP contribution < -0.4 is 0 Å². The fourth-order valence-electron chi connectivity index (χ4n) is 4.92. The first-order chi connectivity index (χ1) is 14.4. The van der Waals surface area contributed by atoms with Crippen molar-refractivity contribution in [1.29, 1.82) is 0 Å². The Kier molecular flexibility index (Phi) is 3.41. The van der Waals surface area contributed by atoms with Gasteiger partial charge in [0.1, 0.15) is 6.33 Å². The van der Waals surface area contributed by atoms with Crippen LogP contribution in [-0.4, -0.2) is 9.97 Å². The van der Waals surface area contributed by atoms with E-state index in [1.54, 1.807) is 6.33 Å². The molecule has 4 aromatic carbocycles. The van der Waals surface area contributed by atoms with E-state index in [0.717, 1.165) is 10.9 Å². The molecule has 2 nitrogen and oxygen atoms in total. The van der Waals surface area contributed by atoms with Gasteiger partial charge in [-0.05, 0) is 45.5 Å². The van der Waals surface area contributed by atoms with E-state index in [9.17, 15) is 0 Å². The number of rotatable bonds is 2. The summed E-state index contributed by atoms with van der Waals surface area (Å²) in [6.45, 7) is 0. The minimum absolute atomic E-state index is 0.367. The van der Waals surface area contributed by atoms with Crippen molar-refractivity contribution in [1.82, 2.24) is 9.97 Å². The van der Waals surface area contributed by atoms with Gasteiger partial charge in [-0.1, -0.05) is 84.9 Å². The largest absolute Gasteiger partial charge is 0.244 e. The van der Waals surface area contributed by atoms with Crippen LogP contribution in [0.15, 0.2) is 110 Å². The van der Waals surface area contributed by atoms with Crippen molar-refractivity contribution < 1.29 is 0 Å². The van der Waals surface area contributed by atoms with Gasteiger partial charge in [0.15, 0.2) is 0 Å². The van der Waals surface area contributed by atoms with Crippen LogP contribution in [0, 0.1) is 0 Å². The lowest BCUT2D eigenvalue weighted by Crippen LogP contribution is -2.28. The Balaban J connectivity index is 1.83. The summed E-state index contributed by atoms with van der Waals surface area (Å²) < 4.78 is 0. The molecule has 0 N–H and O–H groups in total. The Bertz CT molecular complexity index is 1300. The van der Waals surface area contributed by atoms with Gasteiger partial charge in [-0.2, -0.15) is 0 Å². The van der Waals surface area contributed by atoms with Crippen molar-refractivity contribution in [2.24, 2.45) is 0 Å². The van der Waals surface area contributed by atoms with E-state index in [4.69, 9.17) is 0 Å². The number of hydrogen-bond donors (Lipinski definition) is 0. The molecule has 0 bridgehead atoms. The molecule has 5 aromatic rings. The Hall–Kier alpha value is -3.78. The second kappa shape index (κ2) is 6.11. The Morgan fingerprint density at radius 2 is 1.24 bits per heavy atom. The van der Waals surface area contributed by atoms with Crippen molar-refractivity contribution in [3.8, 4) is 11.1 Å². The van der Waals surface area contributed by atoms with Gasteiger partial charge in [0.2, 0.25) is 0 Å². The van der Waals surface area contributed by atoms with Crippen LogP contribution in [-0.2, 0) is 5.41 Å². The third-order valence-electron chi connectivity index (χ3n) is 6.08. The summed E-state index contributed by atoms with van der Waals surface area (Å²) in [6, 6.07) is 34.9. The summed E-state index contributed by atoms with van der Waals surface area (Å²) in [5.41, 5.74) is 8.28. The van der Waals surface area contributed by atoms with E-state index in [0.29, 0.717) is 0 Å². The van der Waals surface area contributed by atoms with Gasteiger partial charge in [-0.3, -0.25) is 0 Å². The molecule has 6 rings (SSSR count). The second-order valence-corrected chi connectivity index (χ2v) is 7.51. The van der Waals surface area contributed by atoms with Gasteiger partial charge in [0.05, 0.1) is 10.9 Å². The van der Waals surface area contributed by atoms with Crippen LogP contribution in [0.2, 0.25) is 0 Å². The van der Waals surface area contributed by atoms with Crippen LogP contribution in [0.4, 0.5) is 0 Å². The highest BCUT2D eigenvalue weighted by Crippen LogP contribution is 2.56. The van der Waals surface area contributed by atoms with Gasteiger partial charge in [-0.25, -0.2) is 9.97 Å². The molecule has 29 heavy (non-hydrogen) atoms. The van der Waals surface area contributed by atoms with Gasteiger partial charge in [0.25, 0.3) is 0 Å². The Morgan fingerprint density at radius 1 is 0.586 bits per heavy atom. The predicted molar refractivity (Wildman–Crippen MR) is 117 cm³/mol. The molecule has 0 amide bonds. The topological polar surface area (TPSA) is 25.8 Å². The monoisotopic (exact) mass is 370 g/mol. The van der Waals surface area contributed by atoms with Crippen molar-refractivity contribution in [2.45, 2.75) is 5.41 Å². The van der Waals surface area contributed by atoms with E-state index in [1.165, 1.54) is 33.4 Å². The molecule has 136 valence electrons. The minimum atomic E-state index is -0.367. The summed E-state index contributed by atoms with van der Waals surface area (Å²) in [5.74, 6) is 0. The third kappa shape index (κ3) is 2.17. The quantitative estimate of drug-likeness (QED) is 0.374. The van der Waals surface area contributed by atoms with Gasteiger partial charge >= 0.3 is 0 Å². The van der Waals surface area contributed by atoms with Gasteiger partial charge in [-0.15, -0.1) is 0 Å². The Labute approximate surface area is 169 Å². The van der Waals surface area contributed by atoms with Crippen molar-refractivity contribution >= 4 is 10.9 Å². The van der Waals surface area contributed by atoms with Crippen LogP contribution in [0.3, 0.4) is 0 Å². The number of hydrogen-bond acceptors (Lipinski definition) is 2. The molecule has 1 heterocycles. The summed E-state index contributed by atoms with van der Waals surface area (Å²) in [6.07, 6.45) is 3.53. The fraction of sp³-hybridized carbons (Fsp3) is 0.0370. The first-order valence-corrected chi connectivity index (χ1v) is 9.84. The number of fused-ring (bicyclic) bond motifs is 4. The van der Waals surface area contributed by atoms with Crippen LogP contribution in [0.5, 0.6) is 0 Å². The number of aromatic nitrogens is 2. The molecule has 0 atom stereocenters. The highest BCUT2D eigenvalue weighted by molar-refractivity contribution is 5.94. The molecule has 0 spiro atoms. The Morgan fingerprint density at radius 3 is 1.97 bits per heavy atom. The van der Waals surface area contributed by atoms with Crippen molar-refractivity contribution in [3.63, 3.8) is 0 Å². The minimum Gasteiger partial charge on any atom is -0.244 e. The smallest absolute Gasteiger partial charge is 0.116 e. The van der Waals surface area contributed by atoms with E-state index in [2.05, 4.69) is 107 Å². The molecule has 0 radical (unpaired) electrons. The standard InChI is InChI=1S/C27H18N2/c1-3-9-20(10-4-1)27(21-11-5-2-6-12-21)24-14-8-7-13-22(24)23-15-19-17-28-18-29-26(19)16-25(23)27/h1-18H. The van der Waals surface area contributed by atoms with E-state index >= 15 is 0 Å². The van der Waals surface area contributed by atoms with Crippen molar-refractivity contribution in [3.05, 3.63) is 132 Å². The van der Waals surface area contributed by atoms with E-state index < -0.39 is 0 Å². The van der Waals surface area contributed by atoms with Crippen molar-refractivity contribution in [2.75, 3.05) is 0 Å². The molecular formula is C27H18N2. The lowest BCUT2D eigenvalue weighted by molar-refractivity contribution is 0.769. The highest BCUT2D eigenvalue weighted by atomic mass is 14.8. The number of benzene rings is 4. The maximum absolute atomic E-state index is 4.56. The van der Waals surface area contributed by atoms with Gasteiger partial charge in [0, 0.05) is 11.6 Å². The molecule has 2 heteroatoms. The zero-order valence-corrected chi connectivity index (χ0v) is 15.8. The summed E-state index contributed by atoms with van der Waals surface area (Å²) in [4.78, 5) is 8.80. The molecule has 1 aliphatic rings. The summed E-state index contributed by atoms with van der Waals surface area (Å²) >= 11 is 0. The average Bonchev–Trinajstić information content (AvgIpc) is 3.09. The molecule has 0 saturated carbocycles. The first kappa shape index (κ1) is 16.2. The lowest BCUT2D eigenvalue weighted by atomic mass is 9.67. The zero-order chi connectivity index (χ0) is 19.3. The molecule has 0 unspecified atom stereocenters. The average molecular weight is 370 g/mol.